The minimum atomic E-state index is -5.19. The van der Waals surface area contributed by atoms with E-state index in [-0.39, 0.29) is 24.7 Å². The smallest absolute Gasteiger partial charge is 0.481 e. The Hall–Kier alpha value is -1.43. The van der Waals surface area contributed by atoms with Crippen LogP contribution in [0.2, 0.25) is 0 Å². The van der Waals surface area contributed by atoms with Gasteiger partial charge in [-0.1, -0.05) is 25.6 Å². The highest BCUT2D eigenvalue weighted by Gasteiger charge is 2.34. The first-order valence-corrected chi connectivity index (χ1v) is 13.5. The van der Waals surface area contributed by atoms with Crippen LogP contribution in [0, 0.1) is 12.8 Å². The van der Waals surface area contributed by atoms with Crippen LogP contribution >= 0.6 is 27.4 Å². The predicted molar refractivity (Wildman–Crippen MR) is 120 cm³/mol. The Labute approximate surface area is 190 Å². The molecule has 1 unspecified atom stereocenters. The molecule has 0 aliphatic carbocycles. The van der Waals surface area contributed by atoms with Gasteiger partial charge in [0.05, 0.1) is 13.2 Å². The second-order valence-corrected chi connectivity index (χ2v) is 11.1. The zero-order chi connectivity index (χ0) is 24.3. The summed E-state index contributed by atoms with van der Waals surface area (Å²) in [5, 5.41) is 11.4. The molecule has 1 aromatic rings. The number of rotatable bonds is 10. The molecule has 180 valence electrons. The Kier molecular flexibility index (Phi) is 8.94. The molecule has 2 atom stereocenters. The van der Waals surface area contributed by atoms with E-state index in [9.17, 15) is 19.1 Å². The van der Waals surface area contributed by atoms with E-state index >= 15 is 0 Å². The average molecular weight is 510 g/mol. The molecule has 0 radical (unpaired) electrons. The summed E-state index contributed by atoms with van der Waals surface area (Å²) < 4.78 is 30.9. The number of aliphatic hydroxyl groups is 1. The van der Waals surface area contributed by atoms with Gasteiger partial charge < -0.3 is 30.4 Å². The third kappa shape index (κ3) is 7.29. The lowest BCUT2D eigenvalue weighted by Gasteiger charge is -2.24. The van der Waals surface area contributed by atoms with Gasteiger partial charge in [-0.05, 0) is 20.3 Å². The summed E-state index contributed by atoms with van der Waals surface area (Å²) in [7, 11) is -10.1. The Morgan fingerprint density at radius 1 is 1.31 bits per heavy atom. The van der Waals surface area contributed by atoms with Crippen molar-refractivity contribution >= 4 is 33.2 Å². The molecule has 6 N–H and O–H groups in total. The fraction of sp³-hybridized carbons (Fsp3) is 0.529. The summed E-state index contributed by atoms with van der Waals surface area (Å²) in [6.07, 6.45) is 2.47. The number of aliphatic hydroxyl groups excluding tert-OH is 1. The van der Waals surface area contributed by atoms with Crippen LogP contribution in [0.15, 0.2) is 27.6 Å². The highest BCUT2D eigenvalue weighted by Crippen LogP contribution is 2.58. The number of anilines is 1. The average Bonchev–Trinajstić information content (AvgIpc) is 2.96. The lowest BCUT2D eigenvalue weighted by molar-refractivity contribution is 0.180. The normalized spacial score (nSPS) is 19.3. The first-order valence-electron chi connectivity index (χ1n) is 9.64. The predicted octanol–water partition coefficient (Wildman–Crippen LogP) is 3.54. The molecule has 12 nitrogen and oxygen atoms in total. The van der Waals surface area contributed by atoms with Crippen LogP contribution < -0.4 is 5.73 Å². The van der Waals surface area contributed by atoms with Gasteiger partial charge in [0.15, 0.2) is 0 Å². The molecule has 0 bridgehead atoms. The summed E-state index contributed by atoms with van der Waals surface area (Å²) >= 11 is 1.28. The van der Waals surface area contributed by atoms with E-state index in [0.717, 1.165) is 10.6 Å². The molecule has 0 fully saturated rings. The van der Waals surface area contributed by atoms with Crippen molar-refractivity contribution in [2.45, 2.75) is 47.1 Å². The molecule has 0 saturated carbocycles. The highest BCUT2D eigenvalue weighted by atomic mass is 32.2. The molecule has 0 saturated heterocycles. The number of hydrogen-bond acceptors (Lipinski definition) is 10. The van der Waals surface area contributed by atoms with Crippen LogP contribution in [0.5, 0.6) is 0 Å². The number of aryl methyl sites for hydroxylation is 1. The summed E-state index contributed by atoms with van der Waals surface area (Å²) in [6, 6.07) is 0. The molecule has 1 aliphatic heterocycles. The highest BCUT2D eigenvalue weighted by molar-refractivity contribution is 8.07. The van der Waals surface area contributed by atoms with Gasteiger partial charge in [0.1, 0.15) is 22.4 Å². The number of nitrogens with zero attached hydrogens (tertiary/aromatic N) is 3. The molecule has 2 heterocycles. The Morgan fingerprint density at radius 2 is 1.97 bits per heavy atom. The maximum atomic E-state index is 11.7. The van der Waals surface area contributed by atoms with Crippen molar-refractivity contribution in [1.82, 2.24) is 14.9 Å². The molecular formula is C17H28N4O8P2S. The molecular weight excluding hydrogens is 482 g/mol. The van der Waals surface area contributed by atoms with Crippen molar-refractivity contribution in [3.63, 3.8) is 0 Å². The van der Waals surface area contributed by atoms with Crippen LogP contribution in [-0.2, 0) is 24.5 Å². The third-order valence-corrected chi connectivity index (χ3v) is 8.27. The second kappa shape index (κ2) is 10.7. The van der Waals surface area contributed by atoms with Gasteiger partial charge in [-0.2, -0.15) is 4.31 Å². The van der Waals surface area contributed by atoms with Gasteiger partial charge in [0.25, 0.3) is 0 Å². The minimum absolute atomic E-state index is 0.107. The first-order chi connectivity index (χ1) is 14.7. The van der Waals surface area contributed by atoms with Gasteiger partial charge in [-0.25, -0.2) is 19.1 Å². The van der Waals surface area contributed by atoms with E-state index in [1.165, 1.54) is 11.8 Å². The Balaban J connectivity index is 2.25. The largest absolute Gasteiger partial charge is 0.509 e. The van der Waals surface area contributed by atoms with Crippen molar-refractivity contribution in [2.24, 2.45) is 5.92 Å². The number of aromatic nitrogens is 2. The molecule has 0 spiro atoms. The summed E-state index contributed by atoms with van der Waals surface area (Å²) in [5.41, 5.74) is 7.45. The molecule has 0 aromatic carbocycles. The van der Waals surface area contributed by atoms with Crippen molar-refractivity contribution in [1.29, 1.82) is 0 Å². The van der Waals surface area contributed by atoms with Crippen LogP contribution in [0.4, 0.5) is 5.82 Å². The first kappa shape index (κ1) is 26.8. The Bertz CT molecular complexity index is 1010. The van der Waals surface area contributed by atoms with Gasteiger partial charge in [0.2, 0.25) is 0 Å². The summed E-state index contributed by atoms with van der Waals surface area (Å²) in [6.45, 7) is 7.34. The minimum Gasteiger partial charge on any atom is -0.509 e. The summed E-state index contributed by atoms with van der Waals surface area (Å²) in [4.78, 5) is 37.8. The van der Waals surface area contributed by atoms with Gasteiger partial charge in [-0.15, -0.1) is 0 Å². The topological polar surface area (TPSA) is 189 Å². The number of allylic oxidation sites excluding steroid dienone is 2. The zero-order valence-electron chi connectivity index (χ0n) is 18.1. The number of nitrogens with two attached hydrogens (primary N) is 1. The molecule has 2 rings (SSSR count). The van der Waals surface area contributed by atoms with Crippen molar-refractivity contribution in [3.05, 3.63) is 39.0 Å². The van der Waals surface area contributed by atoms with Gasteiger partial charge >= 0.3 is 15.6 Å². The number of hydrogen-bond donors (Lipinski definition) is 5. The molecule has 32 heavy (non-hydrogen) atoms. The van der Waals surface area contributed by atoms with E-state index in [4.69, 9.17) is 15.5 Å². The van der Waals surface area contributed by atoms with E-state index in [0.29, 0.717) is 35.2 Å². The van der Waals surface area contributed by atoms with Crippen LogP contribution in [0.1, 0.15) is 45.0 Å². The van der Waals surface area contributed by atoms with E-state index in [1.54, 1.807) is 13.1 Å². The summed E-state index contributed by atoms with van der Waals surface area (Å²) in [5.74, 6) is 0.947. The van der Waals surface area contributed by atoms with Crippen molar-refractivity contribution in [2.75, 3.05) is 12.3 Å². The van der Waals surface area contributed by atoms with Crippen LogP contribution in [0.3, 0.4) is 0 Å². The SMILES string of the molecule is CC[C@H](C)/C(O)=C1\SC(CCOP(=O)(O)OP(=O)(O)O)=C(C)N1Cc1cnc(C)nc1N. The molecule has 1 aliphatic rings. The van der Waals surface area contributed by atoms with Gasteiger partial charge in [0, 0.05) is 34.7 Å². The van der Waals surface area contributed by atoms with Crippen molar-refractivity contribution in [3.8, 4) is 0 Å². The zero-order valence-corrected chi connectivity index (χ0v) is 20.7. The third-order valence-electron chi connectivity index (χ3n) is 4.71. The molecule has 1 aromatic heterocycles. The van der Waals surface area contributed by atoms with E-state index in [1.807, 2.05) is 25.7 Å². The van der Waals surface area contributed by atoms with Gasteiger partial charge in [-0.3, -0.25) is 4.52 Å². The maximum Gasteiger partial charge on any atom is 0.481 e. The lowest BCUT2D eigenvalue weighted by atomic mass is 10.1. The number of nitrogen functional groups attached to an aromatic ring is 1. The van der Waals surface area contributed by atoms with Crippen molar-refractivity contribution < 1.29 is 37.8 Å². The number of phosphoric ester groups is 1. The van der Waals surface area contributed by atoms with Crippen LogP contribution in [-0.4, -0.2) is 41.3 Å². The fourth-order valence-electron chi connectivity index (χ4n) is 2.78. The standard InChI is InChI=1S/C17H28N4O8P2S/c1-5-10(2)15(22)17-21(9-13-8-19-12(4)20-16(13)18)11(3)14(32-17)6-7-28-31(26,27)29-30(23,24)25/h8,10,22H,5-7,9H2,1-4H3,(H,26,27)(H2,18,19,20)(H2,23,24,25)/b17-15+/t10-/m0/s1. The number of thioether (sulfide) groups is 1. The monoisotopic (exact) mass is 510 g/mol. The van der Waals surface area contributed by atoms with E-state index < -0.39 is 15.6 Å². The van der Waals surface area contributed by atoms with Crippen LogP contribution in [0.25, 0.3) is 0 Å². The maximum absolute atomic E-state index is 11.7. The lowest BCUT2D eigenvalue weighted by Crippen LogP contribution is -2.20. The van der Waals surface area contributed by atoms with E-state index in [2.05, 4.69) is 18.8 Å². The Morgan fingerprint density at radius 3 is 2.53 bits per heavy atom. The number of phosphoric acid groups is 2. The fourth-order valence-corrected chi connectivity index (χ4v) is 5.66. The molecule has 0 amide bonds. The second-order valence-electron chi connectivity index (χ2n) is 7.15. The molecule has 15 heteroatoms. The quantitative estimate of drug-likeness (QED) is 0.227.